The maximum absolute atomic E-state index is 12.1. The normalized spacial score (nSPS) is 14.3. The second-order valence-corrected chi connectivity index (χ2v) is 4.61. The summed E-state index contributed by atoms with van der Waals surface area (Å²) in [5, 5.41) is 22.4. The smallest absolute Gasteiger partial charge is 0.406 e. The quantitative estimate of drug-likeness (QED) is 0.482. The Bertz CT molecular complexity index is 520. The highest BCUT2D eigenvalue weighted by atomic mass is 79.9. The van der Waals surface area contributed by atoms with Crippen molar-refractivity contribution in [3.63, 3.8) is 0 Å². The zero-order chi connectivity index (χ0) is 15.3. The summed E-state index contributed by atoms with van der Waals surface area (Å²) in [6.45, 7) is -0.417. The molecule has 0 aliphatic heterocycles. The van der Waals surface area contributed by atoms with Crippen molar-refractivity contribution in [3.8, 4) is 5.75 Å². The first-order valence-electron chi connectivity index (χ1n) is 5.16. The van der Waals surface area contributed by atoms with E-state index in [-0.39, 0.29) is 10.0 Å². The highest BCUT2D eigenvalue weighted by Gasteiger charge is 2.31. The van der Waals surface area contributed by atoms with Crippen molar-refractivity contribution in [1.82, 2.24) is 0 Å². The monoisotopic (exact) mass is 355 g/mol. The molecule has 2 unspecified atom stereocenters. The summed E-state index contributed by atoms with van der Waals surface area (Å²) in [6, 6.07) is 3.30. The first-order chi connectivity index (χ1) is 9.23. The lowest BCUT2D eigenvalue weighted by atomic mass is 10.0. The molecule has 0 aromatic heterocycles. The fourth-order valence-electron chi connectivity index (χ4n) is 1.39. The number of nitrogens with zero attached hydrogens (tertiary/aromatic N) is 3. The molecule has 0 spiro atoms. The second-order valence-electron chi connectivity index (χ2n) is 3.69. The Balaban J connectivity index is 2.97. The minimum atomic E-state index is -4.87. The summed E-state index contributed by atoms with van der Waals surface area (Å²) in [5.74, 6) is -0.545. The zero-order valence-corrected chi connectivity index (χ0v) is 11.3. The van der Waals surface area contributed by atoms with Crippen molar-refractivity contribution < 1.29 is 28.1 Å². The van der Waals surface area contributed by atoms with Crippen LogP contribution in [0.2, 0.25) is 0 Å². The standard InChI is InChI=1S/C10H9BrF3N3O3/c11-6-1-5(9(19)8(18)4-16-17-15)2-7(3-6)20-10(12,13)14/h1-3,8-9,18-19H,4H2. The van der Waals surface area contributed by atoms with Crippen LogP contribution in [-0.4, -0.2) is 29.2 Å². The van der Waals surface area contributed by atoms with Crippen LogP contribution in [0.4, 0.5) is 13.2 Å². The molecule has 20 heavy (non-hydrogen) atoms. The first-order valence-corrected chi connectivity index (χ1v) is 5.95. The molecule has 0 saturated carbocycles. The molecule has 0 saturated heterocycles. The lowest BCUT2D eigenvalue weighted by Crippen LogP contribution is -2.22. The van der Waals surface area contributed by atoms with E-state index in [1.807, 2.05) is 0 Å². The van der Waals surface area contributed by atoms with E-state index in [1.54, 1.807) is 0 Å². The molecule has 1 rings (SSSR count). The number of aliphatic hydroxyl groups is 2. The van der Waals surface area contributed by atoms with Gasteiger partial charge in [-0.3, -0.25) is 0 Å². The van der Waals surface area contributed by atoms with Crippen LogP contribution in [0, 0.1) is 0 Å². The molecule has 0 fully saturated rings. The SMILES string of the molecule is [N-]=[N+]=NCC(O)C(O)c1cc(Br)cc(OC(F)(F)F)c1. The van der Waals surface area contributed by atoms with Crippen LogP contribution in [0.3, 0.4) is 0 Å². The van der Waals surface area contributed by atoms with E-state index in [9.17, 15) is 23.4 Å². The Kier molecular flexibility index (Phi) is 5.63. The maximum Gasteiger partial charge on any atom is 0.573 e. The van der Waals surface area contributed by atoms with Crippen LogP contribution in [-0.2, 0) is 0 Å². The average Bonchev–Trinajstić information content (AvgIpc) is 2.32. The van der Waals surface area contributed by atoms with E-state index in [1.165, 1.54) is 6.07 Å². The van der Waals surface area contributed by atoms with Gasteiger partial charge in [0, 0.05) is 9.38 Å². The number of ether oxygens (including phenoxy) is 1. The van der Waals surface area contributed by atoms with E-state index in [0.29, 0.717) is 0 Å². The Hall–Kier alpha value is -1.48. The molecule has 2 atom stereocenters. The molecule has 0 aliphatic rings. The number of aliphatic hydroxyl groups excluding tert-OH is 2. The molecule has 1 aromatic carbocycles. The minimum Gasteiger partial charge on any atom is -0.406 e. The zero-order valence-electron chi connectivity index (χ0n) is 9.75. The summed E-state index contributed by atoms with van der Waals surface area (Å²) in [4.78, 5) is 2.41. The van der Waals surface area contributed by atoms with Crippen LogP contribution >= 0.6 is 15.9 Å². The lowest BCUT2D eigenvalue weighted by Gasteiger charge is -2.18. The summed E-state index contributed by atoms with van der Waals surface area (Å²) in [5.41, 5.74) is 8.08. The Labute approximate surface area is 119 Å². The maximum atomic E-state index is 12.1. The highest BCUT2D eigenvalue weighted by Crippen LogP contribution is 2.30. The van der Waals surface area contributed by atoms with Gasteiger partial charge in [0.1, 0.15) is 11.9 Å². The van der Waals surface area contributed by atoms with Crippen LogP contribution in [0.5, 0.6) is 5.75 Å². The highest BCUT2D eigenvalue weighted by molar-refractivity contribution is 9.10. The molecule has 0 aliphatic carbocycles. The Morgan fingerprint density at radius 1 is 1.35 bits per heavy atom. The van der Waals surface area contributed by atoms with E-state index < -0.39 is 30.9 Å². The van der Waals surface area contributed by atoms with Crippen molar-refractivity contribution in [2.45, 2.75) is 18.6 Å². The van der Waals surface area contributed by atoms with Gasteiger partial charge in [-0.15, -0.1) is 13.2 Å². The topological polar surface area (TPSA) is 98.5 Å². The van der Waals surface area contributed by atoms with Gasteiger partial charge < -0.3 is 14.9 Å². The van der Waals surface area contributed by atoms with Gasteiger partial charge in [0.05, 0.1) is 12.6 Å². The van der Waals surface area contributed by atoms with Crippen LogP contribution < -0.4 is 4.74 Å². The van der Waals surface area contributed by atoms with E-state index in [4.69, 9.17) is 5.53 Å². The molecule has 110 valence electrons. The fourth-order valence-corrected chi connectivity index (χ4v) is 1.88. The number of rotatable bonds is 5. The third-order valence-corrected chi connectivity index (χ3v) is 2.62. The van der Waals surface area contributed by atoms with Gasteiger partial charge in [-0.25, -0.2) is 0 Å². The number of halogens is 4. The summed E-state index contributed by atoms with van der Waals surface area (Å²) >= 11 is 2.97. The predicted molar refractivity (Wildman–Crippen MR) is 65.8 cm³/mol. The first kappa shape index (κ1) is 16.6. The van der Waals surface area contributed by atoms with Gasteiger partial charge in [0.2, 0.25) is 0 Å². The third kappa shape index (κ3) is 5.25. The van der Waals surface area contributed by atoms with E-state index >= 15 is 0 Å². The van der Waals surface area contributed by atoms with Gasteiger partial charge in [0.15, 0.2) is 0 Å². The summed E-state index contributed by atoms with van der Waals surface area (Å²) in [6.07, 6.45) is -7.83. The van der Waals surface area contributed by atoms with Crippen molar-refractivity contribution in [2.75, 3.05) is 6.54 Å². The molecule has 0 amide bonds. The van der Waals surface area contributed by atoms with Crippen LogP contribution in [0.25, 0.3) is 10.4 Å². The number of hydrogen-bond acceptors (Lipinski definition) is 4. The molecular weight excluding hydrogens is 347 g/mol. The largest absolute Gasteiger partial charge is 0.573 e. The molecule has 2 N–H and O–H groups in total. The fraction of sp³-hybridized carbons (Fsp3) is 0.400. The second kappa shape index (κ2) is 6.80. The summed E-state index contributed by atoms with van der Waals surface area (Å²) < 4.78 is 40.3. The van der Waals surface area contributed by atoms with E-state index in [0.717, 1.165) is 12.1 Å². The van der Waals surface area contributed by atoms with Gasteiger partial charge in [-0.05, 0) is 29.3 Å². The van der Waals surface area contributed by atoms with Gasteiger partial charge >= 0.3 is 6.36 Å². The number of azide groups is 1. The lowest BCUT2D eigenvalue weighted by molar-refractivity contribution is -0.274. The Morgan fingerprint density at radius 3 is 2.55 bits per heavy atom. The van der Waals surface area contributed by atoms with Gasteiger partial charge in [-0.1, -0.05) is 21.0 Å². The Morgan fingerprint density at radius 2 is 2.00 bits per heavy atom. The third-order valence-electron chi connectivity index (χ3n) is 2.17. The average molecular weight is 356 g/mol. The van der Waals surface area contributed by atoms with Crippen LogP contribution in [0.1, 0.15) is 11.7 Å². The van der Waals surface area contributed by atoms with Gasteiger partial charge in [-0.2, -0.15) is 0 Å². The molecule has 10 heteroatoms. The number of benzene rings is 1. The molecule has 0 bridgehead atoms. The van der Waals surface area contributed by atoms with E-state index in [2.05, 4.69) is 30.7 Å². The molecular formula is C10H9BrF3N3O3. The molecule has 6 nitrogen and oxygen atoms in total. The van der Waals surface area contributed by atoms with Crippen molar-refractivity contribution in [3.05, 3.63) is 38.7 Å². The molecule has 0 heterocycles. The van der Waals surface area contributed by atoms with Crippen molar-refractivity contribution in [1.29, 1.82) is 0 Å². The minimum absolute atomic E-state index is 0.0146. The van der Waals surface area contributed by atoms with Crippen molar-refractivity contribution >= 4 is 15.9 Å². The number of hydrogen-bond donors (Lipinski definition) is 2. The van der Waals surface area contributed by atoms with Crippen LogP contribution in [0.15, 0.2) is 27.8 Å². The van der Waals surface area contributed by atoms with Crippen molar-refractivity contribution in [2.24, 2.45) is 5.11 Å². The predicted octanol–water partition coefficient (Wildman–Crippen LogP) is 3.05. The number of alkyl halides is 3. The van der Waals surface area contributed by atoms with Gasteiger partial charge in [0.25, 0.3) is 0 Å². The molecule has 0 radical (unpaired) electrons. The summed E-state index contributed by atoms with van der Waals surface area (Å²) in [7, 11) is 0. The molecule has 1 aromatic rings.